The van der Waals surface area contributed by atoms with Crippen LogP contribution in [0.15, 0.2) is 94.5 Å². The quantitative estimate of drug-likeness (QED) is 0.0960. The summed E-state index contributed by atoms with van der Waals surface area (Å²) in [5.74, 6) is 1.44. The van der Waals surface area contributed by atoms with Crippen LogP contribution in [0, 0.1) is 5.92 Å². The minimum Gasteiger partial charge on any atom is -0.437 e. The first-order valence-electron chi connectivity index (χ1n) is 20.0. The van der Waals surface area contributed by atoms with Crippen LogP contribution in [0.5, 0.6) is 0 Å². The molecule has 4 nitrogen and oxygen atoms in total. The largest absolute Gasteiger partial charge is 0.437 e. The summed E-state index contributed by atoms with van der Waals surface area (Å²) in [7, 11) is -1.65. The average molecular weight is 707 g/mol. The van der Waals surface area contributed by atoms with Crippen molar-refractivity contribution in [2.45, 2.75) is 116 Å². The maximum absolute atomic E-state index is 6.74. The van der Waals surface area contributed by atoms with E-state index in [1.807, 2.05) is 0 Å². The average Bonchev–Trinajstić information content (AvgIpc) is 3.78. The molecule has 2 aliphatic heterocycles. The number of furan rings is 1. The van der Waals surface area contributed by atoms with Gasteiger partial charge in [0.2, 0.25) is 11.4 Å². The van der Waals surface area contributed by atoms with Crippen LogP contribution in [0.2, 0.25) is 19.6 Å². The van der Waals surface area contributed by atoms with Crippen molar-refractivity contribution in [1.82, 2.24) is 4.98 Å². The number of benzene rings is 2. The highest BCUT2D eigenvalue weighted by Gasteiger charge is 2.43. The molecule has 0 N–H and O–H groups in total. The van der Waals surface area contributed by atoms with E-state index in [9.17, 15) is 0 Å². The Kier molecular flexibility index (Phi) is 9.44. The minimum absolute atomic E-state index is 0.139. The first-order chi connectivity index (χ1) is 25.1. The standard InChI is InChI=1S/C47H56N3OSi/c1-8-9-10-19-41-44-33(21-23-38-39-24-25-40(30(2)3)49-47(39)51-46(38)44)20-22-37-35-17-13-14-18-36(35)42-27-34(26-32-15-11-12-16-32)43(52(5,6)7)29-50(42)45(37)31(4)28-48-41/h10,13-14,17-19,21,23-25,27,29-30,32,37,45H,4,8-9,11-12,15-16,20,22,26,28H2,1-3,5-7H3/q+1/b19-10-,48-41?. The summed E-state index contributed by atoms with van der Waals surface area (Å²) >= 11 is 0. The maximum Gasteiger partial charge on any atom is 0.227 e. The second-order valence-electron chi connectivity index (χ2n) is 17.2. The molecule has 2 atom stereocenters. The van der Waals surface area contributed by atoms with Crippen molar-refractivity contribution < 1.29 is 8.98 Å². The van der Waals surface area contributed by atoms with E-state index in [0.29, 0.717) is 24.1 Å². The number of hydrogen-bond donors (Lipinski definition) is 0. The van der Waals surface area contributed by atoms with E-state index in [1.54, 1.807) is 10.8 Å². The summed E-state index contributed by atoms with van der Waals surface area (Å²) in [4.78, 5) is 10.4. The predicted octanol–water partition coefficient (Wildman–Crippen LogP) is 11.3. The van der Waals surface area contributed by atoms with Gasteiger partial charge in [0.1, 0.15) is 5.58 Å². The van der Waals surface area contributed by atoms with Gasteiger partial charge in [-0.05, 0) is 78.5 Å². The maximum atomic E-state index is 6.74. The van der Waals surface area contributed by atoms with Crippen molar-refractivity contribution in [2.75, 3.05) is 6.54 Å². The fraction of sp³-hybridized carbons (Fsp3) is 0.426. The number of nitrogens with zero attached hydrogens (tertiary/aromatic N) is 3. The van der Waals surface area contributed by atoms with Crippen LogP contribution in [0.1, 0.15) is 112 Å². The SMILES string of the molecule is C=C1CN=C(/C=C\CCC)c2c(ccc3c2oc2nc(C(C)C)ccc23)CCC2c3ccccc3-c3cc(CC4CCCC4)c([Si](C)(C)C)c[n+]3C12. The molecule has 1 saturated carbocycles. The number of aliphatic imine (C=N–C) groups is 1. The minimum atomic E-state index is -1.65. The summed E-state index contributed by atoms with van der Waals surface area (Å²) in [6.45, 7) is 19.6. The van der Waals surface area contributed by atoms with Gasteiger partial charge in [0.15, 0.2) is 12.2 Å². The van der Waals surface area contributed by atoms with Crippen molar-refractivity contribution >= 4 is 41.0 Å². The smallest absolute Gasteiger partial charge is 0.227 e. The molecule has 3 aromatic heterocycles. The Labute approximate surface area is 311 Å². The third-order valence-electron chi connectivity index (χ3n) is 12.1. The van der Waals surface area contributed by atoms with E-state index in [4.69, 9.17) is 21.0 Å². The molecule has 5 heterocycles. The Bertz CT molecular complexity index is 2230. The topological polar surface area (TPSA) is 42.3 Å². The summed E-state index contributed by atoms with van der Waals surface area (Å²) < 4.78 is 9.38. The molecule has 8 rings (SSSR count). The Morgan fingerprint density at radius 3 is 2.56 bits per heavy atom. The van der Waals surface area contributed by atoms with Crippen LogP contribution in [0.25, 0.3) is 33.3 Å². The third-order valence-corrected chi connectivity index (χ3v) is 14.2. The second-order valence-corrected chi connectivity index (χ2v) is 22.2. The molecule has 1 fully saturated rings. The highest BCUT2D eigenvalue weighted by Crippen LogP contribution is 2.45. The van der Waals surface area contributed by atoms with E-state index >= 15 is 0 Å². The van der Waals surface area contributed by atoms with Gasteiger partial charge in [-0.15, -0.1) is 0 Å². The first kappa shape index (κ1) is 35.0. The van der Waals surface area contributed by atoms with E-state index < -0.39 is 8.07 Å². The summed E-state index contributed by atoms with van der Waals surface area (Å²) in [6, 6.07) is 20.9. The van der Waals surface area contributed by atoms with E-state index in [1.165, 1.54) is 60.1 Å². The molecule has 0 radical (unpaired) electrons. The molecule has 2 unspecified atom stereocenters. The van der Waals surface area contributed by atoms with E-state index in [2.05, 4.69) is 118 Å². The van der Waals surface area contributed by atoms with Gasteiger partial charge in [-0.25, -0.2) is 4.98 Å². The number of fused-ring (bicyclic) bond motifs is 11. The Balaban J connectivity index is 1.29. The predicted molar refractivity (Wildman–Crippen MR) is 221 cm³/mol. The van der Waals surface area contributed by atoms with Crippen LogP contribution < -0.4 is 9.75 Å². The number of aryl methyl sites for hydroxylation is 1. The van der Waals surface area contributed by atoms with E-state index in [0.717, 1.165) is 64.9 Å². The number of hydrogen-bond acceptors (Lipinski definition) is 3. The Hall–Kier alpha value is -4.09. The molecule has 0 spiro atoms. The molecule has 1 aliphatic carbocycles. The number of rotatable bonds is 7. The molecular weight excluding hydrogens is 651 g/mol. The molecule has 3 aliphatic rings. The van der Waals surface area contributed by atoms with Gasteiger partial charge in [0.25, 0.3) is 0 Å². The lowest BCUT2D eigenvalue weighted by molar-refractivity contribution is -0.708. The fourth-order valence-corrected chi connectivity index (χ4v) is 11.1. The van der Waals surface area contributed by atoms with Crippen LogP contribution in [0.4, 0.5) is 0 Å². The van der Waals surface area contributed by atoms with Gasteiger partial charge >= 0.3 is 0 Å². The molecule has 52 heavy (non-hydrogen) atoms. The highest BCUT2D eigenvalue weighted by atomic mass is 28.3. The molecule has 0 bridgehead atoms. The molecule has 2 aromatic carbocycles. The molecular formula is C47H56N3OSi+. The highest BCUT2D eigenvalue weighted by molar-refractivity contribution is 6.89. The lowest BCUT2D eigenvalue weighted by Crippen LogP contribution is -2.54. The van der Waals surface area contributed by atoms with Gasteiger partial charge in [-0.2, -0.15) is 4.57 Å². The number of unbranched alkanes of at least 4 members (excludes halogenated alkanes) is 1. The number of pyridine rings is 2. The van der Waals surface area contributed by atoms with Crippen LogP contribution in [-0.2, 0) is 12.8 Å². The third kappa shape index (κ3) is 6.33. The van der Waals surface area contributed by atoms with E-state index in [-0.39, 0.29) is 6.04 Å². The molecule has 0 amide bonds. The van der Waals surface area contributed by atoms with Crippen molar-refractivity contribution in [2.24, 2.45) is 10.9 Å². The monoisotopic (exact) mass is 706 g/mol. The summed E-state index contributed by atoms with van der Waals surface area (Å²) in [5, 5.41) is 3.80. The Morgan fingerprint density at radius 1 is 1.00 bits per heavy atom. The normalized spacial score (nSPS) is 19.6. The summed E-state index contributed by atoms with van der Waals surface area (Å²) in [6.07, 6.45) is 17.9. The first-order valence-corrected chi connectivity index (χ1v) is 23.5. The van der Waals surface area contributed by atoms with Gasteiger partial charge in [0, 0.05) is 44.4 Å². The summed E-state index contributed by atoms with van der Waals surface area (Å²) in [5.41, 5.74) is 13.0. The van der Waals surface area contributed by atoms with Crippen molar-refractivity contribution in [3.05, 3.63) is 113 Å². The van der Waals surface area contributed by atoms with Crippen LogP contribution in [0.3, 0.4) is 0 Å². The van der Waals surface area contributed by atoms with Crippen molar-refractivity contribution in [3.63, 3.8) is 0 Å². The van der Waals surface area contributed by atoms with Crippen LogP contribution in [-0.4, -0.2) is 25.3 Å². The zero-order valence-electron chi connectivity index (χ0n) is 32.3. The molecule has 268 valence electrons. The molecule has 0 saturated heterocycles. The molecule has 5 aromatic rings. The Morgan fingerprint density at radius 2 is 1.79 bits per heavy atom. The zero-order valence-corrected chi connectivity index (χ0v) is 33.3. The van der Waals surface area contributed by atoms with Gasteiger partial charge in [0.05, 0.1) is 26.2 Å². The van der Waals surface area contributed by atoms with Gasteiger partial charge < -0.3 is 4.42 Å². The lowest BCUT2D eigenvalue weighted by atomic mass is 9.76. The van der Waals surface area contributed by atoms with Crippen molar-refractivity contribution in [1.29, 1.82) is 0 Å². The molecule has 5 heteroatoms. The van der Waals surface area contributed by atoms with Gasteiger partial charge in [-0.1, -0.05) is 116 Å². The second kappa shape index (κ2) is 14.0. The zero-order chi connectivity index (χ0) is 36.1. The van der Waals surface area contributed by atoms with Crippen molar-refractivity contribution in [3.8, 4) is 11.3 Å². The fourth-order valence-electron chi connectivity index (χ4n) is 9.39. The lowest BCUT2D eigenvalue weighted by Gasteiger charge is -2.34. The van der Waals surface area contributed by atoms with Crippen LogP contribution >= 0.6 is 0 Å². The number of allylic oxidation sites excluding steroid dienone is 2. The number of aromatic nitrogens is 2. The van der Waals surface area contributed by atoms with Gasteiger partial charge in [-0.3, -0.25) is 4.99 Å².